The van der Waals surface area contributed by atoms with E-state index in [1.165, 1.54) is 5.56 Å². The first-order valence-electron chi connectivity index (χ1n) is 7.06. The van der Waals surface area contributed by atoms with Crippen LogP contribution in [0.2, 0.25) is 10.0 Å². The van der Waals surface area contributed by atoms with E-state index < -0.39 is 0 Å². The third-order valence-corrected chi connectivity index (χ3v) is 3.94. The fourth-order valence-corrected chi connectivity index (χ4v) is 2.35. The molecule has 0 aliphatic carbocycles. The summed E-state index contributed by atoms with van der Waals surface area (Å²) < 4.78 is 5.80. The summed E-state index contributed by atoms with van der Waals surface area (Å²) in [5.41, 5.74) is 2.09. The Morgan fingerprint density at radius 1 is 1.10 bits per heavy atom. The molecule has 0 radical (unpaired) electrons. The number of hydrogen-bond acceptors (Lipinski definition) is 2. The van der Waals surface area contributed by atoms with Gasteiger partial charge in [0.1, 0.15) is 12.4 Å². The summed E-state index contributed by atoms with van der Waals surface area (Å²) >= 11 is 12.1. The van der Waals surface area contributed by atoms with Crippen LogP contribution in [0.4, 0.5) is 0 Å². The number of benzene rings is 2. The van der Waals surface area contributed by atoms with E-state index in [1.807, 2.05) is 30.3 Å². The Bertz CT molecular complexity index is 587. The molecule has 0 atom stereocenters. The standard InChI is InChI=1S/C17H19Cl2NO/c1-2-9-20-11-13-5-3-7-15(10-13)21-12-14-6-4-8-16(18)17(14)19/h3-8,10,20H,2,9,11-12H2,1H3. The van der Waals surface area contributed by atoms with E-state index in [0.717, 1.165) is 30.8 Å². The van der Waals surface area contributed by atoms with Crippen LogP contribution in [0.25, 0.3) is 0 Å². The smallest absolute Gasteiger partial charge is 0.120 e. The Morgan fingerprint density at radius 3 is 2.71 bits per heavy atom. The summed E-state index contributed by atoms with van der Waals surface area (Å²) in [5, 5.41) is 4.48. The van der Waals surface area contributed by atoms with Crippen LogP contribution in [-0.2, 0) is 13.2 Å². The summed E-state index contributed by atoms with van der Waals surface area (Å²) in [6.07, 6.45) is 1.13. The molecule has 112 valence electrons. The van der Waals surface area contributed by atoms with Crippen molar-refractivity contribution in [3.63, 3.8) is 0 Å². The molecule has 0 bridgehead atoms. The van der Waals surface area contributed by atoms with Crippen molar-refractivity contribution >= 4 is 23.2 Å². The average Bonchev–Trinajstić information content (AvgIpc) is 2.50. The van der Waals surface area contributed by atoms with E-state index in [0.29, 0.717) is 16.7 Å². The molecule has 0 aliphatic heterocycles. The van der Waals surface area contributed by atoms with Crippen molar-refractivity contribution in [3.8, 4) is 5.75 Å². The minimum atomic E-state index is 0.408. The Kier molecular flexibility index (Phi) is 6.37. The maximum absolute atomic E-state index is 6.15. The topological polar surface area (TPSA) is 21.3 Å². The van der Waals surface area contributed by atoms with E-state index in [2.05, 4.69) is 18.3 Å². The van der Waals surface area contributed by atoms with Gasteiger partial charge in [0, 0.05) is 12.1 Å². The second-order valence-corrected chi connectivity index (χ2v) is 5.61. The van der Waals surface area contributed by atoms with Crippen molar-refractivity contribution in [2.45, 2.75) is 26.5 Å². The highest BCUT2D eigenvalue weighted by Gasteiger charge is 2.05. The summed E-state index contributed by atoms with van der Waals surface area (Å²) in [5.74, 6) is 0.835. The molecule has 0 fully saturated rings. The Morgan fingerprint density at radius 2 is 1.90 bits per heavy atom. The van der Waals surface area contributed by atoms with Crippen LogP contribution < -0.4 is 10.1 Å². The number of rotatable bonds is 7. The van der Waals surface area contributed by atoms with E-state index in [4.69, 9.17) is 27.9 Å². The highest BCUT2D eigenvalue weighted by atomic mass is 35.5. The van der Waals surface area contributed by atoms with E-state index in [1.54, 1.807) is 6.07 Å². The average molecular weight is 324 g/mol. The lowest BCUT2D eigenvalue weighted by Gasteiger charge is -2.10. The maximum Gasteiger partial charge on any atom is 0.120 e. The van der Waals surface area contributed by atoms with Gasteiger partial charge >= 0.3 is 0 Å². The van der Waals surface area contributed by atoms with Gasteiger partial charge in [0.2, 0.25) is 0 Å². The number of hydrogen-bond donors (Lipinski definition) is 1. The van der Waals surface area contributed by atoms with Crippen molar-refractivity contribution in [2.75, 3.05) is 6.54 Å². The van der Waals surface area contributed by atoms with Crippen molar-refractivity contribution in [1.82, 2.24) is 5.32 Å². The first-order valence-corrected chi connectivity index (χ1v) is 7.81. The molecule has 2 aromatic rings. The lowest BCUT2D eigenvalue weighted by Crippen LogP contribution is -2.13. The van der Waals surface area contributed by atoms with Crippen LogP contribution in [0.1, 0.15) is 24.5 Å². The van der Waals surface area contributed by atoms with Gasteiger partial charge in [-0.2, -0.15) is 0 Å². The van der Waals surface area contributed by atoms with E-state index in [-0.39, 0.29) is 0 Å². The van der Waals surface area contributed by atoms with Crippen LogP contribution in [0.3, 0.4) is 0 Å². The van der Waals surface area contributed by atoms with Crippen molar-refractivity contribution < 1.29 is 4.74 Å². The lowest BCUT2D eigenvalue weighted by molar-refractivity contribution is 0.306. The van der Waals surface area contributed by atoms with Gasteiger partial charge in [-0.15, -0.1) is 0 Å². The molecule has 0 aliphatic rings. The van der Waals surface area contributed by atoms with Crippen molar-refractivity contribution in [2.24, 2.45) is 0 Å². The number of halogens is 2. The van der Waals surface area contributed by atoms with Gasteiger partial charge in [0.05, 0.1) is 10.0 Å². The molecule has 0 saturated carbocycles. The van der Waals surface area contributed by atoms with Gasteiger partial charge in [-0.25, -0.2) is 0 Å². The van der Waals surface area contributed by atoms with Gasteiger partial charge in [0.25, 0.3) is 0 Å². The Balaban J connectivity index is 1.96. The summed E-state index contributed by atoms with van der Waals surface area (Å²) in [6, 6.07) is 13.6. The van der Waals surface area contributed by atoms with Crippen molar-refractivity contribution in [1.29, 1.82) is 0 Å². The van der Waals surface area contributed by atoms with E-state index in [9.17, 15) is 0 Å². The molecular weight excluding hydrogens is 305 g/mol. The van der Waals surface area contributed by atoms with Crippen LogP contribution in [-0.4, -0.2) is 6.54 Å². The van der Waals surface area contributed by atoms with Gasteiger partial charge in [-0.1, -0.05) is 54.4 Å². The second-order valence-electron chi connectivity index (χ2n) is 4.83. The second kappa shape index (κ2) is 8.28. The largest absolute Gasteiger partial charge is 0.489 e. The maximum atomic E-state index is 6.15. The molecule has 21 heavy (non-hydrogen) atoms. The summed E-state index contributed by atoms with van der Waals surface area (Å²) in [6.45, 7) is 4.43. The summed E-state index contributed by atoms with van der Waals surface area (Å²) in [4.78, 5) is 0. The highest BCUT2D eigenvalue weighted by molar-refractivity contribution is 6.42. The molecule has 2 nitrogen and oxygen atoms in total. The molecule has 0 saturated heterocycles. The third kappa shape index (κ3) is 4.92. The third-order valence-electron chi connectivity index (χ3n) is 3.08. The molecular formula is C17H19Cl2NO. The molecule has 0 aromatic heterocycles. The number of nitrogens with one attached hydrogen (secondary N) is 1. The molecule has 0 amide bonds. The van der Waals surface area contributed by atoms with Crippen LogP contribution >= 0.6 is 23.2 Å². The molecule has 2 aromatic carbocycles. The van der Waals surface area contributed by atoms with Crippen LogP contribution in [0, 0.1) is 0 Å². The molecule has 0 heterocycles. The summed E-state index contributed by atoms with van der Waals surface area (Å²) in [7, 11) is 0. The first-order chi connectivity index (χ1) is 10.2. The zero-order chi connectivity index (χ0) is 15.1. The van der Waals surface area contributed by atoms with Gasteiger partial charge < -0.3 is 10.1 Å². The van der Waals surface area contributed by atoms with Crippen LogP contribution in [0.5, 0.6) is 5.75 Å². The Hall–Kier alpha value is -1.22. The van der Waals surface area contributed by atoms with Gasteiger partial charge in [-0.3, -0.25) is 0 Å². The molecule has 0 unspecified atom stereocenters. The SMILES string of the molecule is CCCNCc1cccc(OCc2cccc(Cl)c2Cl)c1. The molecule has 4 heteroatoms. The van der Waals surface area contributed by atoms with Crippen LogP contribution in [0.15, 0.2) is 42.5 Å². The molecule has 0 spiro atoms. The quantitative estimate of drug-likeness (QED) is 0.718. The fraction of sp³-hybridized carbons (Fsp3) is 0.294. The minimum absolute atomic E-state index is 0.408. The monoisotopic (exact) mass is 323 g/mol. The van der Waals surface area contributed by atoms with E-state index >= 15 is 0 Å². The minimum Gasteiger partial charge on any atom is -0.489 e. The van der Waals surface area contributed by atoms with Gasteiger partial charge in [-0.05, 0) is 36.7 Å². The fourth-order valence-electron chi connectivity index (χ4n) is 1.98. The van der Waals surface area contributed by atoms with Gasteiger partial charge in [0.15, 0.2) is 0 Å². The molecule has 2 rings (SSSR count). The number of ether oxygens (including phenoxy) is 1. The predicted octanol–water partition coefficient (Wildman–Crippen LogP) is 5.07. The first kappa shape index (κ1) is 16.2. The van der Waals surface area contributed by atoms with Crippen molar-refractivity contribution in [3.05, 3.63) is 63.6 Å². The Labute approximate surface area is 136 Å². The zero-order valence-electron chi connectivity index (χ0n) is 12.0. The lowest BCUT2D eigenvalue weighted by atomic mass is 10.2. The molecule has 1 N–H and O–H groups in total. The normalized spacial score (nSPS) is 10.6. The highest BCUT2D eigenvalue weighted by Crippen LogP contribution is 2.26. The zero-order valence-corrected chi connectivity index (χ0v) is 13.5. The predicted molar refractivity (Wildman–Crippen MR) is 89.2 cm³/mol.